The quantitative estimate of drug-likeness (QED) is 0.293. The summed E-state index contributed by atoms with van der Waals surface area (Å²) >= 11 is 0. The number of hydrogen-bond acceptors (Lipinski definition) is 6. The summed E-state index contributed by atoms with van der Waals surface area (Å²) in [5, 5.41) is 25.4. The van der Waals surface area contributed by atoms with Crippen LogP contribution in [0.25, 0.3) is 0 Å². The lowest BCUT2D eigenvalue weighted by Gasteiger charge is -2.64. The minimum Gasteiger partial charge on any atom is -0.393 e. The van der Waals surface area contributed by atoms with Crippen LogP contribution in [0, 0.1) is 52.3 Å². The van der Waals surface area contributed by atoms with Crippen molar-refractivity contribution >= 4 is 21.7 Å². The fourth-order valence-corrected chi connectivity index (χ4v) is 12.5. The average Bonchev–Trinajstić information content (AvgIpc) is 3.38. The van der Waals surface area contributed by atoms with Gasteiger partial charge in [0.05, 0.1) is 17.1 Å². The minimum atomic E-state index is -4.00. The Morgan fingerprint density at radius 1 is 1.00 bits per heavy atom. The molecule has 0 aromatic heterocycles. The van der Waals surface area contributed by atoms with E-state index in [4.69, 9.17) is 0 Å². The number of fused-ring (bicyclic) bond motifs is 5. The van der Waals surface area contributed by atoms with Crippen molar-refractivity contribution in [3.8, 4) is 0 Å². The van der Waals surface area contributed by atoms with Crippen LogP contribution in [0.4, 0.5) is 10.5 Å². The Hall–Kier alpha value is -1.84. The molecule has 1 aromatic carbocycles. The Balaban J connectivity index is 1.10. The van der Waals surface area contributed by atoms with Crippen LogP contribution in [0.1, 0.15) is 98.3 Å². The van der Waals surface area contributed by atoms with Gasteiger partial charge in [-0.3, -0.25) is 0 Å². The highest BCUT2D eigenvalue weighted by Crippen LogP contribution is 2.69. The number of piperidine rings is 1. The summed E-state index contributed by atoms with van der Waals surface area (Å²) in [7, 11) is -4.00. The van der Waals surface area contributed by atoms with Gasteiger partial charge >= 0.3 is 6.03 Å². The average molecular weight is 644 g/mol. The highest BCUT2D eigenvalue weighted by Gasteiger charge is 2.64. The van der Waals surface area contributed by atoms with Gasteiger partial charge in [-0.1, -0.05) is 40.2 Å². The number of benzene rings is 1. The molecule has 1 heterocycles. The highest BCUT2D eigenvalue weighted by molar-refractivity contribution is 7.90. The van der Waals surface area contributed by atoms with E-state index in [9.17, 15) is 23.4 Å². The number of urea groups is 1. The number of nitrogens with zero attached hydrogens (tertiary/aromatic N) is 1. The standard InChI is InChI=1S/C36H57N3O5S/c1-5-27-31-21-25(40)14-16-36(31,4)30-15-17-35(3)28(12-13-29(35)32(30)33(27)41)23(2)22-37-34(42)38-45(43,44)26-11-9-10-24(20-26)39-18-7-6-8-19-39/h9-11,20,23,25,27-33,40-41H,5-8,12-19,21-22H2,1-4H3,(H2,37,38,42)/t23-,25-,27-,28-,29+,30+,31+,32?,33-,35?,36-/m1/s1. The second-order valence-corrected chi connectivity index (χ2v) is 17.6. The first-order valence-electron chi connectivity index (χ1n) is 17.9. The second kappa shape index (κ2) is 12.6. The number of carbonyl (C=O) groups is 1. The van der Waals surface area contributed by atoms with Gasteiger partial charge < -0.3 is 20.4 Å². The van der Waals surface area contributed by atoms with Gasteiger partial charge in [0.25, 0.3) is 10.0 Å². The van der Waals surface area contributed by atoms with Gasteiger partial charge in [-0.2, -0.15) is 0 Å². The number of hydrogen-bond donors (Lipinski definition) is 4. The van der Waals surface area contributed by atoms with Gasteiger partial charge in [0.2, 0.25) is 0 Å². The van der Waals surface area contributed by atoms with Gasteiger partial charge in [-0.05, 0) is 135 Å². The van der Waals surface area contributed by atoms with E-state index in [1.165, 1.54) is 6.42 Å². The Labute approximate surface area is 271 Å². The molecule has 11 atom stereocenters. The molecule has 1 aliphatic heterocycles. The minimum absolute atomic E-state index is 0.0797. The molecule has 5 aliphatic rings. The van der Waals surface area contributed by atoms with Gasteiger partial charge in [-0.15, -0.1) is 0 Å². The zero-order valence-corrected chi connectivity index (χ0v) is 28.7. The van der Waals surface area contributed by atoms with Crippen LogP contribution in [-0.2, 0) is 10.0 Å². The number of carbonyl (C=O) groups excluding carboxylic acids is 1. The monoisotopic (exact) mass is 643 g/mol. The summed E-state index contributed by atoms with van der Waals surface area (Å²) in [6.07, 6.45) is 10.9. The highest BCUT2D eigenvalue weighted by atomic mass is 32.2. The molecular weight excluding hydrogens is 586 g/mol. The van der Waals surface area contributed by atoms with Gasteiger partial charge in [-0.25, -0.2) is 17.9 Å². The number of nitrogens with one attached hydrogen (secondary N) is 2. The number of rotatable bonds is 7. The Bertz CT molecular complexity index is 1330. The van der Waals surface area contributed by atoms with E-state index < -0.39 is 16.1 Å². The summed E-state index contributed by atoms with van der Waals surface area (Å²) in [5.74, 6) is 2.41. The molecule has 4 aliphatic carbocycles. The topological polar surface area (TPSA) is 119 Å². The maximum Gasteiger partial charge on any atom is 0.328 e. The molecule has 2 unspecified atom stereocenters. The van der Waals surface area contributed by atoms with E-state index in [-0.39, 0.29) is 45.7 Å². The van der Waals surface area contributed by atoms with Crippen molar-refractivity contribution in [1.82, 2.24) is 10.0 Å². The normalized spacial score (nSPS) is 40.5. The van der Waals surface area contributed by atoms with Crippen molar-refractivity contribution in [1.29, 1.82) is 0 Å². The number of anilines is 1. The van der Waals surface area contributed by atoms with Crippen LogP contribution >= 0.6 is 0 Å². The zero-order valence-electron chi connectivity index (χ0n) is 27.9. The first-order chi connectivity index (χ1) is 21.4. The van der Waals surface area contributed by atoms with Crippen molar-refractivity contribution in [2.24, 2.45) is 52.3 Å². The van der Waals surface area contributed by atoms with E-state index in [1.807, 2.05) is 6.07 Å². The third-order valence-corrected chi connectivity index (χ3v) is 15.1. The summed E-state index contributed by atoms with van der Waals surface area (Å²) in [6.45, 7) is 11.5. The lowest BCUT2D eigenvalue weighted by Crippen LogP contribution is -2.62. The molecule has 252 valence electrons. The van der Waals surface area contributed by atoms with Crippen molar-refractivity contribution in [3.05, 3.63) is 24.3 Å². The maximum absolute atomic E-state index is 13.1. The molecule has 9 heteroatoms. The largest absolute Gasteiger partial charge is 0.393 e. The molecule has 1 aromatic rings. The first-order valence-corrected chi connectivity index (χ1v) is 19.4. The van der Waals surface area contributed by atoms with Crippen LogP contribution in [0.3, 0.4) is 0 Å². The van der Waals surface area contributed by atoms with Gasteiger partial charge in [0, 0.05) is 25.3 Å². The summed E-state index contributed by atoms with van der Waals surface area (Å²) < 4.78 is 28.6. The third kappa shape index (κ3) is 5.92. The zero-order chi connectivity index (χ0) is 32.1. The molecule has 1 saturated heterocycles. The molecule has 0 spiro atoms. The lowest BCUT2D eigenvalue weighted by molar-refractivity contribution is -0.203. The van der Waals surface area contributed by atoms with Gasteiger partial charge in [0.1, 0.15) is 0 Å². The Morgan fingerprint density at radius 2 is 1.71 bits per heavy atom. The van der Waals surface area contributed by atoms with E-state index >= 15 is 0 Å². The van der Waals surface area contributed by atoms with Crippen LogP contribution in [0.15, 0.2) is 29.2 Å². The molecule has 2 amide bonds. The van der Waals surface area contributed by atoms with Crippen molar-refractivity contribution < 1.29 is 23.4 Å². The van der Waals surface area contributed by atoms with E-state index in [0.717, 1.165) is 83.0 Å². The number of sulfonamides is 1. The molecule has 5 fully saturated rings. The summed E-state index contributed by atoms with van der Waals surface area (Å²) in [6, 6.07) is 6.21. The molecule has 8 nitrogen and oxygen atoms in total. The van der Waals surface area contributed by atoms with E-state index in [0.29, 0.717) is 30.2 Å². The fraction of sp³-hybridized carbons (Fsp3) is 0.806. The van der Waals surface area contributed by atoms with Gasteiger partial charge in [0.15, 0.2) is 0 Å². The van der Waals surface area contributed by atoms with E-state index in [2.05, 4.69) is 42.6 Å². The maximum atomic E-state index is 13.1. The van der Waals surface area contributed by atoms with Crippen molar-refractivity contribution in [2.45, 2.75) is 115 Å². The molecule has 0 bridgehead atoms. The molecule has 45 heavy (non-hydrogen) atoms. The van der Waals surface area contributed by atoms with Crippen LogP contribution in [0.5, 0.6) is 0 Å². The lowest BCUT2D eigenvalue weighted by atomic mass is 9.41. The second-order valence-electron chi connectivity index (χ2n) is 16.0. The number of amides is 2. The first kappa shape index (κ1) is 33.1. The molecule has 6 rings (SSSR count). The SMILES string of the molecule is CC[C@H]1[C@@H](O)C2[C@@H]3CC[C@H]([C@H](C)CNC(=O)NS(=O)(=O)c4cccc(N5CCCCC5)c4)C3(C)CC[C@@H]2[C@@]2(C)CC[C@@H](O)C[C@@H]12. The van der Waals surface area contributed by atoms with Crippen LogP contribution < -0.4 is 14.9 Å². The van der Waals surface area contributed by atoms with Crippen LogP contribution in [0.2, 0.25) is 0 Å². The van der Waals surface area contributed by atoms with E-state index in [1.54, 1.807) is 18.2 Å². The van der Waals surface area contributed by atoms with Crippen molar-refractivity contribution in [3.63, 3.8) is 0 Å². The summed E-state index contributed by atoms with van der Waals surface area (Å²) in [4.78, 5) is 15.2. The van der Waals surface area contributed by atoms with Crippen LogP contribution in [-0.4, -0.2) is 56.5 Å². The summed E-state index contributed by atoms with van der Waals surface area (Å²) in [5.41, 5.74) is 1.13. The Morgan fingerprint density at radius 3 is 2.44 bits per heavy atom. The molecule has 4 N–H and O–H groups in total. The predicted octanol–water partition coefficient (Wildman–Crippen LogP) is 5.93. The molecule has 0 radical (unpaired) electrons. The third-order valence-electron chi connectivity index (χ3n) is 13.8. The number of aliphatic hydroxyl groups excluding tert-OH is 2. The number of aliphatic hydroxyl groups is 2. The molecular formula is C36H57N3O5S. The smallest absolute Gasteiger partial charge is 0.328 e. The molecule has 4 saturated carbocycles. The predicted molar refractivity (Wildman–Crippen MR) is 177 cm³/mol. The fourth-order valence-electron chi connectivity index (χ4n) is 11.5. The van der Waals surface area contributed by atoms with Crippen molar-refractivity contribution in [2.75, 3.05) is 24.5 Å². The Kier molecular flexibility index (Phi) is 9.29.